The van der Waals surface area contributed by atoms with E-state index < -0.39 is 0 Å². The van der Waals surface area contributed by atoms with Crippen LogP contribution in [0.5, 0.6) is 0 Å². The minimum atomic E-state index is -0.0481. The summed E-state index contributed by atoms with van der Waals surface area (Å²) in [5.41, 5.74) is -0.0481. The Bertz CT molecular complexity index is 211. The van der Waals surface area contributed by atoms with E-state index in [2.05, 4.69) is 26.1 Å². The van der Waals surface area contributed by atoms with E-state index in [4.69, 9.17) is 9.47 Å². The highest BCUT2D eigenvalue weighted by atomic mass is 16.5. The van der Waals surface area contributed by atoms with Gasteiger partial charge in [-0.3, -0.25) is 0 Å². The minimum absolute atomic E-state index is 0.0481. The molecule has 0 amide bonds. The molecule has 2 unspecified atom stereocenters. The molecule has 1 saturated heterocycles. The molecule has 1 N–H and O–H groups in total. The first kappa shape index (κ1) is 15.9. The molecule has 108 valence electrons. The Hall–Kier alpha value is -0.120. The van der Waals surface area contributed by atoms with Crippen LogP contribution in [0, 0.1) is 5.92 Å². The summed E-state index contributed by atoms with van der Waals surface area (Å²) in [7, 11) is 1.84. The van der Waals surface area contributed by atoms with Gasteiger partial charge in [0, 0.05) is 26.4 Å². The van der Waals surface area contributed by atoms with E-state index >= 15 is 0 Å². The molecule has 0 aromatic carbocycles. The third kappa shape index (κ3) is 4.52. The summed E-state index contributed by atoms with van der Waals surface area (Å²) < 4.78 is 11.2. The van der Waals surface area contributed by atoms with Gasteiger partial charge in [-0.1, -0.05) is 13.8 Å². The number of hydrogen-bond acceptors (Lipinski definition) is 3. The molecule has 0 spiro atoms. The lowest BCUT2D eigenvalue weighted by molar-refractivity contribution is -0.0406. The van der Waals surface area contributed by atoms with Crippen molar-refractivity contribution in [1.29, 1.82) is 0 Å². The summed E-state index contributed by atoms with van der Waals surface area (Å²) in [6.07, 6.45) is 5.84. The molecule has 0 radical (unpaired) electrons. The van der Waals surface area contributed by atoms with Crippen LogP contribution in [0.2, 0.25) is 0 Å². The van der Waals surface area contributed by atoms with Crippen molar-refractivity contribution in [3.63, 3.8) is 0 Å². The zero-order valence-electron chi connectivity index (χ0n) is 12.6. The predicted molar refractivity (Wildman–Crippen MR) is 75.9 cm³/mol. The number of ether oxygens (including phenoxy) is 2. The molecule has 0 aromatic rings. The van der Waals surface area contributed by atoms with Gasteiger partial charge in [0.05, 0.1) is 5.60 Å². The van der Waals surface area contributed by atoms with Gasteiger partial charge in [0.2, 0.25) is 0 Å². The van der Waals surface area contributed by atoms with Gasteiger partial charge in [-0.25, -0.2) is 0 Å². The molecule has 1 heterocycles. The summed E-state index contributed by atoms with van der Waals surface area (Å²) in [6.45, 7) is 9.61. The first-order valence-corrected chi connectivity index (χ1v) is 7.52. The van der Waals surface area contributed by atoms with Crippen LogP contribution >= 0.6 is 0 Å². The minimum Gasteiger partial charge on any atom is -0.381 e. The van der Waals surface area contributed by atoms with Gasteiger partial charge in [0.25, 0.3) is 0 Å². The highest BCUT2D eigenvalue weighted by Crippen LogP contribution is 2.28. The van der Waals surface area contributed by atoms with E-state index in [9.17, 15) is 0 Å². The molecular formula is C15H31NO2. The maximum Gasteiger partial charge on any atom is 0.0800 e. The number of nitrogens with one attached hydrogen (secondary N) is 1. The van der Waals surface area contributed by atoms with Crippen LogP contribution in [0.1, 0.15) is 52.9 Å². The summed E-state index contributed by atoms with van der Waals surface area (Å²) in [6, 6.07) is 0.454. The Morgan fingerprint density at radius 2 is 2.00 bits per heavy atom. The summed E-state index contributed by atoms with van der Waals surface area (Å²) in [5.74, 6) is 0.786. The molecule has 18 heavy (non-hydrogen) atoms. The van der Waals surface area contributed by atoms with Crippen molar-refractivity contribution < 1.29 is 9.47 Å². The standard InChI is InChI=1S/C15H31NO2/c1-5-9-16-14(15(3,6-2)17-4)12-13-7-10-18-11-8-13/h13-14,16H,5-12H2,1-4H3. The largest absolute Gasteiger partial charge is 0.381 e. The SMILES string of the molecule is CCCNC(CC1CCOCC1)C(C)(CC)OC. The topological polar surface area (TPSA) is 30.5 Å². The maximum atomic E-state index is 5.79. The Kier molecular flexibility index (Phi) is 7.20. The highest BCUT2D eigenvalue weighted by Gasteiger charge is 2.34. The number of hydrogen-bond donors (Lipinski definition) is 1. The lowest BCUT2D eigenvalue weighted by Crippen LogP contribution is -2.51. The van der Waals surface area contributed by atoms with E-state index in [1.54, 1.807) is 0 Å². The van der Waals surface area contributed by atoms with Crippen molar-refractivity contribution in [1.82, 2.24) is 5.32 Å². The summed E-state index contributed by atoms with van der Waals surface area (Å²) in [5, 5.41) is 3.69. The van der Waals surface area contributed by atoms with Gasteiger partial charge in [-0.2, -0.15) is 0 Å². The molecule has 0 aliphatic carbocycles. The molecule has 1 aliphatic heterocycles. The second kappa shape index (κ2) is 8.13. The lowest BCUT2D eigenvalue weighted by atomic mass is 9.83. The van der Waals surface area contributed by atoms with Crippen molar-refractivity contribution in [3.8, 4) is 0 Å². The van der Waals surface area contributed by atoms with E-state index in [1.807, 2.05) is 7.11 Å². The van der Waals surface area contributed by atoms with E-state index in [-0.39, 0.29) is 5.60 Å². The Balaban J connectivity index is 2.58. The molecule has 2 atom stereocenters. The molecule has 3 nitrogen and oxygen atoms in total. The van der Waals surface area contributed by atoms with Crippen molar-refractivity contribution in [2.45, 2.75) is 64.5 Å². The Morgan fingerprint density at radius 3 is 2.50 bits per heavy atom. The highest BCUT2D eigenvalue weighted by molar-refractivity contribution is 4.90. The van der Waals surface area contributed by atoms with Crippen LogP contribution in [0.15, 0.2) is 0 Å². The quantitative estimate of drug-likeness (QED) is 0.725. The average molecular weight is 257 g/mol. The zero-order valence-corrected chi connectivity index (χ0v) is 12.6. The van der Waals surface area contributed by atoms with Gasteiger partial charge in [0.1, 0.15) is 0 Å². The molecule has 0 saturated carbocycles. The Labute approximate surface area is 113 Å². The van der Waals surface area contributed by atoms with Crippen molar-refractivity contribution in [3.05, 3.63) is 0 Å². The van der Waals surface area contributed by atoms with Gasteiger partial charge in [-0.05, 0) is 51.5 Å². The zero-order chi connectivity index (χ0) is 13.4. The van der Waals surface area contributed by atoms with Crippen LogP contribution in [0.4, 0.5) is 0 Å². The normalized spacial score (nSPS) is 22.7. The van der Waals surface area contributed by atoms with E-state index in [1.165, 1.54) is 25.7 Å². The van der Waals surface area contributed by atoms with Crippen molar-refractivity contribution >= 4 is 0 Å². The predicted octanol–water partition coefficient (Wildman–Crippen LogP) is 2.99. The van der Waals surface area contributed by atoms with Crippen LogP contribution < -0.4 is 5.32 Å². The Morgan fingerprint density at radius 1 is 1.33 bits per heavy atom. The average Bonchev–Trinajstić information content (AvgIpc) is 2.43. The van der Waals surface area contributed by atoms with Crippen LogP contribution in [0.25, 0.3) is 0 Å². The van der Waals surface area contributed by atoms with Crippen molar-refractivity contribution in [2.24, 2.45) is 5.92 Å². The fourth-order valence-electron chi connectivity index (χ4n) is 2.72. The summed E-state index contributed by atoms with van der Waals surface area (Å²) in [4.78, 5) is 0. The molecule has 1 fully saturated rings. The molecule has 0 bridgehead atoms. The third-order valence-corrected chi connectivity index (χ3v) is 4.46. The van der Waals surface area contributed by atoms with Gasteiger partial charge in [-0.15, -0.1) is 0 Å². The number of rotatable bonds is 8. The lowest BCUT2D eigenvalue weighted by Gasteiger charge is -2.39. The third-order valence-electron chi connectivity index (χ3n) is 4.46. The second-order valence-electron chi connectivity index (χ2n) is 5.67. The summed E-state index contributed by atoms with van der Waals surface area (Å²) >= 11 is 0. The smallest absolute Gasteiger partial charge is 0.0800 e. The van der Waals surface area contributed by atoms with Crippen molar-refractivity contribution in [2.75, 3.05) is 26.9 Å². The van der Waals surface area contributed by atoms with E-state index in [0.29, 0.717) is 6.04 Å². The van der Waals surface area contributed by atoms with Gasteiger partial charge >= 0.3 is 0 Å². The first-order valence-electron chi connectivity index (χ1n) is 7.52. The molecule has 3 heteroatoms. The monoisotopic (exact) mass is 257 g/mol. The van der Waals surface area contributed by atoms with Crippen LogP contribution in [-0.2, 0) is 9.47 Å². The fraction of sp³-hybridized carbons (Fsp3) is 1.00. The maximum absolute atomic E-state index is 5.79. The fourth-order valence-corrected chi connectivity index (χ4v) is 2.72. The first-order chi connectivity index (χ1) is 8.66. The van der Waals surface area contributed by atoms with Gasteiger partial charge in [0.15, 0.2) is 0 Å². The van der Waals surface area contributed by atoms with Crippen LogP contribution in [-0.4, -0.2) is 38.5 Å². The van der Waals surface area contributed by atoms with E-state index in [0.717, 1.165) is 32.1 Å². The van der Waals surface area contributed by atoms with Gasteiger partial charge < -0.3 is 14.8 Å². The molecule has 1 rings (SSSR count). The second-order valence-corrected chi connectivity index (χ2v) is 5.67. The molecule has 0 aromatic heterocycles. The van der Waals surface area contributed by atoms with Crippen LogP contribution in [0.3, 0.4) is 0 Å². The molecule has 1 aliphatic rings. The number of methoxy groups -OCH3 is 1. The molecular weight excluding hydrogens is 226 g/mol.